The van der Waals surface area contributed by atoms with Crippen LogP contribution in [0.1, 0.15) is 37.4 Å². The highest BCUT2D eigenvalue weighted by molar-refractivity contribution is 5.30. The van der Waals surface area contributed by atoms with E-state index in [1.165, 1.54) is 11.1 Å². The van der Waals surface area contributed by atoms with Crippen molar-refractivity contribution in [2.45, 2.75) is 32.9 Å². The van der Waals surface area contributed by atoms with Crippen LogP contribution in [0.2, 0.25) is 0 Å². The first-order valence-electron chi connectivity index (χ1n) is 7.24. The summed E-state index contributed by atoms with van der Waals surface area (Å²) in [5, 5.41) is 3.52. The van der Waals surface area contributed by atoms with E-state index in [0.29, 0.717) is 12.0 Å². The van der Waals surface area contributed by atoms with E-state index in [-0.39, 0.29) is 0 Å². The van der Waals surface area contributed by atoms with E-state index in [4.69, 9.17) is 9.47 Å². The van der Waals surface area contributed by atoms with Crippen molar-refractivity contribution in [3.63, 3.8) is 0 Å². The Hall–Kier alpha value is -0.900. The Morgan fingerprint density at radius 3 is 3.00 bits per heavy atom. The van der Waals surface area contributed by atoms with Crippen molar-refractivity contribution in [2.24, 2.45) is 5.92 Å². The Morgan fingerprint density at radius 1 is 1.32 bits per heavy atom. The van der Waals surface area contributed by atoms with E-state index in [9.17, 15) is 0 Å². The molecule has 1 heterocycles. The Morgan fingerprint density at radius 2 is 2.16 bits per heavy atom. The predicted molar refractivity (Wildman–Crippen MR) is 77.1 cm³/mol. The minimum Gasteiger partial charge on any atom is -0.380 e. The second kappa shape index (κ2) is 7.63. The number of hydrogen-bond acceptors (Lipinski definition) is 3. The zero-order valence-corrected chi connectivity index (χ0v) is 12.0. The van der Waals surface area contributed by atoms with E-state index in [0.717, 1.165) is 39.4 Å². The highest BCUT2D eigenvalue weighted by Crippen LogP contribution is 2.23. The third kappa shape index (κ3) is 4.60. The fraction of sp³-hybridized carbons (Fsp3) is 0.625. The van der Waals surface area contributed by atoms with Crippen LogP contribution in [0.5, 0.6) is 0 Å². The van der Waals surface area contributed by atoms with Crippen LogP contribution in [0.4, 0.5) is 0 Å². The molecule has 0 spiro atoms. The van der Waals surface area contributed by atoms with Crippen LogP contribution in [-0.2, 0) is 16.1 Å². The van der Waals surface area contributed by atoms with Crippen LogP contribution in [0.3, 0.4) is 0 Å². The van der Waals surface area contributed by atoms with Crippen molar-refractivity contribution in [3.05, 3.63) is 35.4 Å². The fourth-order valence-electron chi connectivity index (χ4n) is 2.28. The third-order valence-electron chi connectivity index (χ3n) is 3.45. The van der Waals surface area contributed by atoms with Crippen LogP contribution < -0.4 is 5.32 Å². The second-order valence-corrected chi connectivity index (χ2v) is 5.52. The van der Waals surface area contributed by atoms with Crippen LogP contribution in [-0.4, -0.2) is 26.4 Å². The molecule has 0 aliphatic carbocycles. The maximum atomic E-state index is 5.62. The largest absolute Gasteiger partial charge is 0.380 e. The van der Waals surface area contributed by atoms with Crippen molar-refractivity contribution < 1.29 is 9.47 Å². The number of nitrogens with one attached hydrogen (secondary N) is 1. The van der Waals surface area contributed by atoms with Gasteiger partial charge in [0, 0.05) is 13.2 Å². The van der Waals surface area contributed by atoms with Crippen LogP contribution in [0.15, 0.2) is 24.3 Å². The third-order valence-corrected chi connectivity index (χ3v) is 3.45. The molecule has 19 heavy (non-hydrogen) atoms. The van der Waals surface area contributed by atoms with Crippen molar-refractivity contribution in [2.75, 3.05) is 26.4 Å². The van der Waals surface area contributed by atoms with Gasteiger partial charge in [-0.2, -0.15) is 0 Å². The molecule has 1 unspecified atom stereocenters. The molecule has 3 nitrogen and oxygen atoms in total. The molecule has 1 aromatic rings. The summed E-state index contributed by atoms with van der Waals surface area (Å²) in [4.78, 5) is 0. The Kier molecular flexibility index (Phi) is 5.83. The molecule has 0 fully saturated rings. The summed E-state index contributed by atoms with van der Waals surface area (Å²) in [7, 11) is 0. The molecule has 0 aromatic heterocycles. The lowest BCUT2D eigenvalue weighted by Crippen LogP contribution is -2.32. The van der Waals surface area contributed by atoms with Crippen molar-refractivity contribution >= 4 is 0 Å². The summed E-state index contributed by atoms with van der Waals surface area (Å²) in [6.45, 7) is 8.43. The number of hydrogen-bond donors (Lipinski definition) is 1. The lowest BCUT2D eigenvalue weighted by Gasteiger charge is -2.26. The molecule has 0 saturated carbocycles. The number of ether oxygens (including phenoxy) is 2. The van der Waals surface area contributed by atoms with Crippen LogP contribution >= 0.6 is 0 Å². The lowest BCUT2D eigenvalue weighted by atomic mass is 9.99. The van der Waals surface area contributed by atoms with Gasteiger partial charge in [0.1, 0.15) is 0 Å². The number of rotatable bonds is 7. The first-order chi connectivity index (χ1) is 9.27. The van der Waals surface area contributed by atoms with Crippen molar-refractivity contribution in [3.8, 4) is 0 Å². The lowest BCUT2D eigenvalue weighted by molar-refractivity contribution is 0.0750. The number of benzene rings is 1. The van der Waals surface area contributed by atoms with Gasteiger partial charge in [-0.25, -0.2) is 0 Å². The second-order valence-electron chi connectivity index (χ2n) is 5.52. The van der Waals surface area contributed by atoms with Crippen molar-refractivity contribution in [1.29, 1.82) is 0 Å². The van der Waals surface area contributed by atoms with E-state index in [1.54, 1.807) is 0 Å². The van der Waals surface area contributed by atoms with Gasteiger partial charge >= 0.3 is 0 Å². The topological polar surface area (TPSA) is 30.5 Å². The summed E-state index contributed by atoms with van der Waals surface area (Å²) in [6.07, 6.45) is 1.13. The smallest absolute Gasteiger partial charge is 0.0721 e. The quantitative estimate of drug-likeness (QED) is 0.767. The standard InChI is InChI=1S/C16H25NO2/c1-13(2)7-9-18-10-8-17-16-12-19-11-14-5-3-4-6-15(14)16/h3-6,13,16-17H,7-12H2,1-2H3. The first-order valence-corrected chi connectivity index (χ1v) is 7.24. The zero-order valence-electron chi connectivity index (χ0n) is 12.0. The average Bonchev–Trinajstić information content (AvgIpc) is 2.42. The molecule has 0 amide bonds. The van der Waals surface area contributed by atoms with Gasteiger partial charge in [-0.3, -0.25) is 0 Å². The molecule has 0 radical (unpaired) electrons. The Bertz CT molecular complexity index is 379. The molecule has 3 heteroatoms. The monoisotopic (exact) mass is 263 g/mol. The average molecular weight is 263 g/mol. The van der Waals surface area contributed by atoms with Crippen LogP contribution in [0, 0.1) is 5.92 Å². The van der Waals surface area contributed by atoms with E-state index < -0.39 is 0 Å². The van der Waals surface area contributed by atoms with Gasteiger partial charge in [-0.15, -0.1) is 0 Å². The Labute approximate surface area is 116 Å². The molecule has 1 N–H and O–H groups in total. The molecule has 1 atom stereocenters. The maximum absolute atomic E-state index is 5.62. The van der Waals surface area contributed by atoms with Crippen molar-refractivity contribution in [1.82, 2.24) is 5.32 Å². The summed E-state index contributed by atoms with van der Waals surface area (Å²) >= 11 is 0. The normalized spacial score (nSPS) is 18.6. The van der Waals surface area contributed by atoms with Gasteiger partial charge in [0.05, 0.1) is 25.9 Å². The molecular weight excluding hydrogens is 238 g/mol. The van der Waals surface area contributed by atoms with E-state index >= 15 is 0 Å². The van der Waals surface area contributed by atoms with E-state index in [2.05, 4.69) is 43.4 Å². The zero-order chi connectivity index (χ0) is 13.5. The molecule has 0 saturated heterocycles. The summed E-state index contributed by atoms with van der Waals surface area (Å²) in [5.74, 6) is 0.714. The van der Waals surface area contributed by atoms with Gasteiger partial charge in [0.2, 0.25) is 0 Å². The minimum atomic E-state index is 0.304. The molecule has 1 aromatic carbocycles. The van der Waals surface area contributed by atoms with Gasteiger partial charge in [0.15, 0.2) is 0 Å². The molecule has 2 rings (SSSR count). The van der Waals surface area contributed by atoms with Gasteiger partial charge in [-0.05, 0) is 23.5 Å². The molecule has 0 bridgehead atoms. The summed E-state index contributed by atoms with van der Waals surface area (Å²) in [5.41, 5.74) is 2.67. The van der Waals surface area contributed by atoms with Crippen LogP contribution in [0.25, 0.3) is 0 Å². The minimum absolute atomic E-state index is 0.304. The highest BCUT2D eigenvalue weighted by atomic mass is 16.5. The Balaban J connectivity index is 1.70. The molecule has 106 valence electrons. The summed E-state index contributed by atoms with van der Waals surface area (Å²) < 4.78 is 11.2. The first kappa shape index (κ1) is 14.5. The summed E-state index contributed by atoms with van der Waals surface area (Å²) in [6, 6.07) is 8.80. The SMILES string of the molecule is CC(C)CCOCCNC1COCc2ccccc21. The predicted octanol–water partition coefficient (Wildman–Crippen LogP) is 2.91. The molecule has 1 aliphatic rings. The fourth-order valence-corrected chi connectivity index (χ4v) is 2.28. The molecular formula is C16H25NO2. The number of fused-ring (bicyclic) bond motifs is 1. The van der Waals surface area contributed by atoms with Gasteiger partial charge in [-0.1, -0.05) is 38.1 Å². The maximum Gasteiger partial charge on any atom is 0.0721 e. The highest BCUT2D eigenvalue weighted by Gasteiger charge is 2.19. The van der Waals surface area contributed by atoms with Gasteiger partial charge < -0.3 is 14.8 Å². The van der Waals surface area contributed by atoms with Gasteiger partial charge in [0.25, 0.3) is 0 Å². The molecule has 1 aliphatic heterocycles. The van der Waals surface area contributed by atoms with E-state index in [1.807, 2.05) is 0 Å².